The standard InChI is InChI=1S/C12H13NO5/c1-13-8-3-2-7(6-10(8)18-12(13)17)9(14)4-5-11(15)16/h2-3,6,9,14H,4-5H2,1H3,(H,15,16)/t9-/m0/s1. The SMILES string of the molecule is Cn1c(=O)oc2cc([C@@H](O)CCC(=O)O)ccc21. The van der Waals surface area contributed by atoms with E-state index in [1.54, 1.807) is 25.2 Å². The highest BCUT2D eigenvalue weighted by molar-refractivity contribution is 5.73. The molecule has 0 aliphatic heterocycles. The van der Waals surface area contributed by atoms with Crippen LogP contribution in [0.2, 0.25) is 0 Å². The van der Waals surface area contributed by atoms with Crippen LogP contribution in [-0.2, 0) is 11.8 Å². The Morgan fingerprint density at radius 2 is 2.22 bits per heavy atom. The van der Waals surface area contributed by atoms with Crippen molar-refractivity contribution in [2.75, 3.05) is 0 Å². The number of aliphatic carboxylic acids is 1. The zero-order valence-electron chi connectivity index (χ0n) is 9.79. The van der Waals surface area contributed by atoms with Gasteiger partial charge in [0.25, 0.3) is 0 Å². The summed E-state index contributed by atoms with van der Waals surface area (Å²) in [7, 11) is 1.59. The number of oxazole rings is 1. The number of hydrogen-bond donors (Lipinski definition) is 2. The average molecular weight is 251 g/mol. The second-order valence-electron chi connectivity index (χ2n) is 4.10. The van der Waals surface area contributed by atoms with Gasteiger partial charge in [-0.05, 0) is 24.1 Å². The van der Waals surface area contributed by atoms with Gasteiger partial charge in [0.15, 0.2) is 5.58 Å². The third kappa shape index (κ3) is 2.28. The van der Waals surface area contributed by atoms with Gasteiger partial charge < -0.3 is 14.6 Å². The summed E-state index contributed by atoms with van der Waals surface area (Å²) in [6.07, 6.45) is -0.869. The molecule has 0 fully saturated rings. The third-order valence-electron chi connectivity index (χ3n) is 2.83. The number of carbonyl (C=O) groups is 1. The molecular formula is C12H13NO5. The zero-order valence-corrected chi connectivity index (χ0v) is 9.79. The number of fused-ring (bicyclic) bond motifs is 1. The van der Waals surface area contributed by atoms with Crippen molar-refractivity contribution in [3.05, 3.63) is 34.3 Å². The Morgan fingerprint density at radius 1 is 1.50 bits per heavy atom. The first-order chi connectivity index (χ1) is 8.49. The first-order valence-corrected chi connectivity index (χ1v) is 5.48. The first kappa shape index (κ1) is 12.4. The van der Waals surface area contributed by atoms with Gasteiger partial charge in [0, 0.05) is 13.5 Å². The number of benzene rings is 1. The number of carboxylic acids is 1. The maximum absolute atomic E-state index is 11.3. The minimum absolute atomic E-state index is 0.113. The minimum Gasteiger partial charge on any atom is -0.481 e. The lowest BCUT2D eigenvalue weighted by Gasteiger charge is -2.09. The van der Waals surface area contributed by atoms with Crippen molar-refractivity contribution >= 4 is 17.1 Å². The molecule has 0 radical (unpaired) electrons. The van der Waals surface area contributed by atoms with Crippen LogP contribution in [0.5, 0.6) is 0 Å². The van der Waals surface area contributed by atoms with E-state index in [2.05, 4.69) is 0 Å². The highest BCUT2D eigenvalue weighted by atomic mass is 16.4. The summed E-state index contributed by atoms with van der Waals surface area (Å²) in [5.74, 6) is -1.43. The van der Waals surface area contributed by atoms with Gasteiger partial charge in [-0.3, -0.25) is 9.36 Å². The topological polar surface area (TPSA) is 92.7 Å². The van der Waals surface area contributed by atoms with E-state index >= 15 is 0 Å². The Bertz CT molecular complexity index is 639. The molecule has 1 atom stereocenters. The lowest BCUT2D eigenvalue weighted by molar-refractivity contribution is -0.137. The van der Waals surface area contributed by atoms with Crippen molar-refractivity contribution in [1.82, 2.24) is 4.57 Å². The molecule has 0 saturated carbocycles. The smallest absolute Gasteiger partial charge is 0.419 e. The lowest BCUT2D eigenvalue weighted by atomic mass is 10.0. The number of carboxylic acid groups (broad SMARTS) is 1. The average Bonchev–Trinajstić information content (AvgIpc) is 2.61. The summed E-state index contributed by atoms with van der Waals surface area (Å²) in [4.78, 5) is 21.7. The Labute approximate surface area is 102 Å². The van der Waals surface area contributed by atoms with Gasteiger partial charge in [0.05, 0.1) is 11.6 Å². The van der Waals surface area contributed by atoms with Gasteiger partial charge in [-0.2, -0.15) is 0 Å². The molecule has 0 saturated heterocycles. The van der Waals surface area contributed by atoms with Crippen molar-refractivity contribution in [3.63, 3.8) is 0 Å². The monoisotopic (exact) mass is 251 g/mol. The quantitative estimate of drug-likeness (QED) is 0.846. The van der Waals surface area contributed by atoms with E-state index < -0.39 is 17.8 Å². The van der Waals surface area contributed by atoms with Gasteiger partial charge in [-0.15, -0.1) is 0 Å². The van der Waals surface area contributed by atoms with Crippen molar-refractivity contribution in [2.45, 2.75) is 18.9 Å². The fourth-order valence-corrected chi connectivity index (χ4v) is 1.78. The van der Waals surface area contributed by atoms with Crippen LogP contribution in [0.15, 0.2) is 27.4 Å². The Balaban J connectivity index is 2.29. The van der Waals surface area contributed by atoms with E-state index in [1.807, 2.05) is 0 Å². The van der Waals surface area contributed by atoms with E-state index in [-0.39, 0.29) is 12.8 Å². The Hall–Kier alpha value is -2.08. The number of aromatic nitrogens is 1. The zero-order chi connectivity index (χ0) is 13.3. The molecule has 96 valence electrons. The highest BCUT2D eigenvalue weighted by Crippen LogP contribution is 2.22. The van der Waals surface area contributed by atoms with Crippen molar-refractivity contribution in [2.24, 2.45) is 7.05 Å². The van der Waals surface area contributed by atoms with Gasteiger partial charge in [-0.25, -0.2) is 4.79 Å². The number of aliphatic hydroxyl groups is 1. The number of nitrogens with zero attached hydrogens (tertiary/aromatic N) is 1. The summed E-state index contributed by atoms with van der Waals surface area (Å²) < 4.78 is 6.36. The molecule has 0 spiro atoms. The van der Waals surface area contributed by atoms with Gasteiger partial charge in [-0.1, -0.05) is 6.07 Å². The fourth-order valence-electron chi connectivity index (χ4n) is 1.78. The molecule has 0 unspecified atom stereocenters. The molecule has 6 heteroatoms. The number of aliphatic hydroxyl groups excluding tert-OH is 1. The second-order valence-corrected chi connectivity index (χ2v) is 4.10. The van der Waals surface area contributed by atoms with Crippen LogP contribution in [0, 0.1) is 0 Å². The molecule has 0 aliphatic carbocycles. The first-order valence-electron chi connectivity index (χ1n) is 5.48. The van der Waals surface area contributed by atoms with Crippen molar-refractivity contribution < 1.29 is 19.4 Å². The van der Waals surface area contributed by atoms with E-state index in [0.717, 1.165) is 0 Å². The Kier molecular flexibility index (Phi) is 3.20. The van der Waals surface area contributed by atoms with Gasteiger partial charge in [0.1, 0.15) is 0 Å². The van der Waals surface area contributed by atoms with Gasteiger partial charge in [0.2, 0.25) is 0 Å². The normalized spacial score (nSPS) is 12.8. The maximum Gasteiger partial charge on any atom is 0.419 e. The predicted molar refractivity (Wildman–Crippen MR) is 63.3 cm³/mol. The molecule has 0 bridgehead atoms. The summed E-state index contributed by atoms with van der Waals surface area (Å²) >= 11 is 0. The van der Waals surface area contributed by atoms with E-state index in [9.17, 15) is 14.7 Å². The molecule has 2 N–H and O–H groups in total. The van der Waals surface area contributed by atoms with Crippen LogP contribution in [0.3, 0.4) is 0 Å². The summed E-state index contributed by atoms with van der Waals surface area (Å²) in [5.41, 5.74) is 1.56. The molecule has 1 aromatic carbocycles. The van der Waals surface area contributed by atoms with Gasteiger partial charge >= 0.3 is 11.7 Å². The second kappa shape index (κ2) is 4.66. The number of aryl methyl sites for hydroxylation is 1. The van der Waals surface area contributed by atoms with Crippen LogP contribution in [0.1, 0.15) is 24.5 Å². The molecule has 1 heterocycles. The van der Waals surface area contributed by atoms with Crippen LogP contribution >= 0.6 is 0 Å². The predicted octanol–water partition coefficient (Wildman–Crippen LogP) is 1.03. The molecule has 18 heavy (non-hydrogen) atoms. The molecule has 2 aromatic rings. The fraction of sp³-hybridized carbons (Fsp3) is 0.333. The van der Waals surface area contributed by atoms with Crippen molar-refractivity contribution in [1.29, 1.82) is 0 Å². The van der Waals surface area contributed by atoms with E-state index in [4.69, 9.17) is 9.52 Å². The number of rotatable bonds is 4. The van der Waals surface area contributed by atoms with Crippen molar-refractivity contribution in [3.8, 4) is 0 Å². The maximum atomic E-state index is 11.3. The van der Waals surface area contributed by atoms with E-state index in [0.29, 0.717) is 16.7 Å². The molecule has 0 amide bonds. The van der Waals surface area contributed by atoms with Crippen LogP contribution in [-0.4, -0.2) is 20.7 Å². The summed E-state index contributed by atoms with van der Waals surface area (Å²) in [6, 6.07) is 4.88. The molecule has 1 aromatic heterocycles. The number of hydrogen-bond acceptors (Lipinski definition) is 4. The van der Waals surface area contributed by atoms with Crippen LogP contribution in [0.25, 0.3) is 11.1 Å². The third-order valence-corrected chi connectivity index (χ3v) is 2.83. The summed E-state index contributed by atoms with van der Waals surface area (Å²) in [5, 5.41) is 18.4. The molecular weight excluding hydrogens is 238 g/mol. The Morgan fingerprint density at radius 3 is 2.89 bits per heavy atom. The lowest BCUT2D eigenvalue weighted by Crippen LogP contribution is -2.08. The summed E-state index contributed by atoms with van der Waals surface area (Å²) in [6.45, 7) is 0. The molecule has 2 rings (SSSR count). The highest BCUT2D eigenvalue weighted by Gasteiger charge is 2.13. The molecule has 6 nitrogen and oxygen atoms in total. The van der Waals surface area contributed by atoms with Crippen LogP contribution in [0.4, 0.5) is 0 Å². The minimum atomic E-state index is -0.957. The largest absolute Gasteiger partial charge is 0.481 e. The van der Waals surface area contributed by atoms with Crippen LogP contribution < -0.4 is 5.76 Å². The molecule has 0 aliphatic rings. The van der Waals surface area contributed by atoms with E-state index in [1.165, 1.54) is 4.57 Å².